The van der Waals surface area contributed by atoms with Crippen LogP contribution in [0.15, 0.2) is 35.3 Å². The summed E-state index contributed by atoms with van der Waals surface area (Å²) in [5.74, 6) is 0.926. The first-order chi connectivity index (χ1) is 12.1. The Morgan fingerprint density at radius 3 is 2.56 bits per heavy atom. The Balaban J connectivity index is 2.08. The number of guanidine groups is 1. The van der Waals surface area contributed by atoms with Crippen LogP contribution in [0.25, 0.3) is 5.69 Å². The van der Waals surface area contributed by atoms with Gasteiger partial charge >= 0.3 is 0 Å². The van der Waals surface area contributed by atoms with Gasteiger partial charge in [-0.25, -0.2) is 4.68 Å². The first-order valence-corrected chi connectivity index (χ1v) is 8.50. The first-order valence-electron chi connectivity index (χ1n) is 8.50. The smallest absolute Gasteiger partial charge is 0.191 e. The van der Waals surface area contributed by atoms with Gasteiger partial charge in [-0.05, 0) is 38.8 Å². The first kappa shape index (κ1) is 18.3. The van der Waals surface area contributed by atoms with E-state index < -0.39 is 0 Å². The minimum atomic E-state index is 0.370. The number of hydrogen-bond acceptors (Lipinski definition) is 4. The number of aromatic nitrogens is 2. The van der Waals surface area contributed by atoms with Gasteiger partial charge in [-0.15, -0.1) is 0 Å². The Bertz CT molecular complexity index is 752. The lowest BCUT2D eigenvalue weighted by atomic mass is 10.1. The molecule has 0 fully saturated rings. The summed E-state index contributed by atoms with van der Waals surface area (Å²) >= 11 is 0. The number of anilines is 1. The Hall–Kier alpha value is -3.01. The molecule has 0 radical (unpaired) electrons. The molecule has 7 heteroatoms. The molecule has 1 heterocycles. The average molecular weight is 339 g/mol. The van der Waals surface area contributed by atoms with Crippen molar-refractivity contribution < 1.29 is 0 Å². The van der Waals surface area contributed by atoms with Crippen LogP contribution in [-0.2, 0) is 6.42 Å². The number of nitrogen functional groups attached to an aromatic ring is 1. The molecule has 0 atom stereocenters. The van der Waals surface area contributed by atoms with E-state index in [9.17, 15) is 5.26 Å². The summed E-state index contributed by atoms with van der Waals surface area (Å²) in [6.45, 7) is 6.35. The van der Waals surface area contributed by atoms with Crippen molar-refractivity contribution in [3.05, 3.63) is 41.6 Å². The van der Waals surface area contributed by atoms with E-state index in [-0.39, 0.29) is 0 Å². The van der Waals surface area contributed by atoms with E-state index in [1.807, 2.05) is 49.1 Å². The highest BCUT2D eigenvalue weighted by molar-refractivity contribution is 5.77. The molecule has 2 rings (SSSR count). The number of nitriles is 1. The number of hydrogen-bond donors (Lipinski definition) is 2. The molecule has 2 aromatic rings. The minimum absolute atomic E-state index is 0.370. The largest absolute Gasteiger partial charge is 0.382 e. The average Bonchev–Trinajstić information content (AvgIpc) is 2.96. The van der Waals surface area contributed by atoms with Crippen LogP contribution in [0.5, 0.6) is 0 Å². The molecule has 0 aliphatic carbocycles. The third kappa shape index (κ3) is 4.29. The fraction of sp³-hybridized carbons (Fsp3) is 0.389. The normalized spacial score (nSPS) is 11.3. The maximum atomic E-state index is 9.40. The second-order valence-electron chi connectivity index (χ2n) is 5.58. The monoisotopic (exact) mass is 339 g/mol. The lowest BCUT2D eigenvalue weighted by molar-refractivity contribution is 0.458. The molecular weight excluding hydrogens is 314 g/mol. The van der Waals surface area contributed by atoms with Crippen LogP contribution in [0, 0.1) is 11.3 Å². The molecule has 4 N–H and O–H groups in total. The van der Waals surface area contributed by atoms with Crippen LogP contribution < -0.4 is 11.5 Å². The van der Waals surface area contributed by atoms with E-state index in [2.05, 4.69) is 16.2 Å². The van der Waals surface area contributed by atoms with Crippen molar-refractivity contribution in [2.24, 2.45) is 10.7 Å². The molecule has 0 spiro atoms. The lowest BCUT2D eigenvalue weighted by Gasteiger charge is -2.19. The number of benzene rings is 1. The van der Waals surface area contributed by atoms with Crippen molar-refractivity contribution in [3.63, 3.8) is 0 Å². The number of rotatable bonds is 7. The zero-order valence-electron chi connectivity index (χ0n) is 14.8. The molecule has 0 saturated heterocycles. The summed E-state index contributed by atoms with van der Waals surface area (Å²) in [6.07, 6.45) is 1.38. The Morgan fingerprint density at radius 2 is 1.96 bits per heavy atom. The van der Waals surface area contributed by atoms with Gasteiger partial charge in [0.05, 0.1) is 11.4 Å². The number of nitrogens with two attached hydrogens (primary N) is 2. The molecular formula is C18H25N7. The van der Waals surface area contributed by atoms with Crippen molar-refractivity contribution >= 4 is 11.8 Å². The van der Waals surface area contributed by atoms with Gasteiger partial charge in [0.2, 0.25) is 0 Å². The zero-order chi connectivity index (χ0) is 18.2. The van der Waals surface area contributed by atoms with Crippen molar-refractivity contribution in [2.45, 2.75) is 26.7 Å². The Kier molecular flexibility index (Phi) is 6.40. The molecule has 1 aromatic carbocycles. The van der Waals surface area contributed by atoms with Gasteiger partial charge in [-0.3, -0.25) is 4.99 Å². The van der Waals surface area contributed by atoms with Crippen LogP contribution >= 0.6 is 0 Å². The third-order valence-electron chi connectivity index (χ3n) is 4.04. The van der Waals surface area contributed by atoms with Crippen LogP contribution in [-0.4, -0.2) is 40.3 Å². The number of para-hydroxylation sites is 1. The van der Waals surface area contributed by atoms with E-state index >= 15 is 0 Å². The molecule has 0 bridgehead atoms. The molecule has 1 aromatic heterocycles. The van der Waals surface area contributed by atoms with Gasteiger partial charge in [0, 0.05) is 19.6 Å². The quantitative estimate of drug-likeness (QED) is 0.455. The maximum absolute atomic E-state index is 9.40. The van der Waals surface area contributed by atoms with Gasteiger partial charge in [-0.2, -0.15) is 10.4 Å². The Labute approximate surface area is 148 Å². The summed E-state index contributed by atoms with van der Waals surface area (Å²) < 4.78 is 1.61. The van der Waals surface area contributed by atoms with E-state index in [0.717, 1.165) is 25.2 Å². The highest BCUT2D eigenvalue weighted by Gasteiger charge is 2.16. The molecule has 0 saturated carbocycles. The predicted molar refractivity (Wildman–Crippen MR) is 100 cm³/mol. The summed E-state index contributed by atoms with van der Waals surface area (Å²) in [5, 5.41) is 13.9. The zero-order valence-corrected chi connectivity index (χ0v) is 14.8. The molecule has 25 heavy (non-hydrogen) atoms. The van der Waals surface area contributed by atoms with Gasteiger partial charge in [0.15, 0.2) is 5.96 Å². The third-order valence-corrected chi connectivity index (χ3v) is 4.04. The fourth-order valence-electron chi connectivity index (χ4n) is 2.63. The lowest BCUT2D eigenvalue weighted by Crippen LogP contribution is -2.37. The number of aliphatic imine (C=N–C) groups is 1. The van der Waals surface area contributed by atoms with E-state index in [0.29, 0.717) is 36.0 Å². The van der Waals surface area contributed by atoms with Crippen LogP contribution in [0.3, 0.4) is 0 Å². The van der Waals surface area contributed by atoms with Crippen LogP contribution in [0.4, 0.5) is 5.82 Å². The van der Waals surface area contributed by atoms with Crippen molar-refractivity contribution in [1.29, 1.82) is 5.26 Å². The van der Waals surface area contributed by atoms with Gasteiger partial charge in [0.25, 0.3) is 0 Å². The number of aryl methyl sites for hydroxylation is 1. The minimum Gasteiger partial charge on any atom is -0.382 e. The topological polar surface area (TPSA) is 109 Å². The van der Waals surface area contributed by atoms with Crippen LogP contribution in [0.1, 0.15) is 31.5 Å². The van der Waals surface area contributed by atoms with E-state index in [4.69, 9.17) is 11.5 Å². The van der Waals surface area contributed by atoms with Gasteiger partial charge in [-0.1, -0.05) is 18.2 Å². The van der Waals surface area contributed by atoms with Crippen molar-refractivity contribution in [2.75, 3.05) is 25.4 Å². The molecule has 0 unspecified atom stereocenters. The van der Waals surface area contributed by atoms with E-state index in [1.54, 1.807) is 4.68 Å². The molecule has 0 aliphatic rings. The molecule has 0 aliphatic heterocycles. The summed E-state index contributed by atoms with van der Waals surface area (Å²) in [6, 6.07) is 11.7. The summed E-state index contributed by atoms with van der Waals surface area (Å²) in [4.78, 5) is 6.40. The van der Waals surface area contributed by atoms with E-state index in [1.165, 1.54) is 0 Å². The fourth-order valence-corrected chi connectivity index (χ4v) is 2.63. The number of nitrogens with zero attached hydrogens (tertiary/aromatic N) is 5. The van der Waals surface area contributed by atoms with Crippen molar-refractivity contribution in [1.82, 2.24) is 14.7 Å². The highest BCUT2D eigenvalue weighted by atomic mass is 15.3. The maximum Gasteiger partial charge on any atom is 0.191 e. The van der Waals surface area contributed by atoms with Gasteiger partial charge in [0.1, 0.15) is 17.5 Å². The highest BCUT2D eigenvalue weighted by Crippen LogP contribution is 2.21. The Morgan fingerprint density at radius 1 is 1.28 bits per heavy atom. The standard InChI is InChI=1S/C18H25N7/c1-3-24(4-2)18(21)22-12-8-11-16-15(13-19)17(20)25(23-16)14-9-6-5-7-10-14/h5-7,9-10H,3-4,8,11-12,20H2,1-2H3,(H2,21,22). The molecule has 7 nitrogen and oxygen atoms in total. The second-order valence-corrected chi connectivity index (χ2v) is 5.58. The summed E-state index contributed by atoms with van der Waals surface area (Å²) in [5.41, 5.74) is 14.0. The SMILES string of the molecule is CCN(CC)C(N)=NCCCc1nn(-c2ccccc2)c(N)c1C#N. The molecule has 132 valence electrons. The van der Waals surface area contributed by atoms with Gasteiger partial charge < -0.3 is 16.4 Å². The predicted octanol–water partition coefficient (Wildman–Crippen LogP) is 1.92. The van der Waals surface area contributed by atoms with Crippen molar-refractivity contribution in [3.8, 4) is 11.8 Å². The second kappa shape index (κ2) is 8.73. The van der Waals surface area contributed by atoms with Crippen LogP contribution in [0.2, 0.25) is 0 Å². The summed E-state index contributed by atoms with van der Waals surface area (Å²) in [7, 11) is 0. The molecule has 0 amide bonds.